The Morgan fingerprint density at radius 1 is 1.23 bits per heavy atom. The van der Waals surface area contributed by atoms with Crippen molar-refractivity contribution in [2.45, 2.75) is 45.0 Å². The normalized spacial score (nSPS) is 24.5. The first-order valence-corrected chi connectivity index (χ1v) is 11.0. The molecule has 3 aromatic rings. The lowest BCUT2D eigenvalue weighted by Gasteiger charge is -2.37. The zero-order chi connectivity index (χ0) is 21.8. The highest BCUT2D eigenvalue weighted by Crippen LogP contribution is 2.40. The molecular formula is C19H22F3N7OS. The van der Waals surface area contributed by atoms with Crippen LogP contribution in [0.1, 0.15) is 25.6 Å². The van der Waals surface area contributed by atoms with Crippen molar-refractivity contribution in [3.63, 3.8) is 0 Å². The van der Waals surface area contributed by atoms with E-state index in [1.54, 1.807) is 12.3 Å². The van der Waals surface area contributed by atoms with E-state index in [9.17, 15) is 13.2 Å². The molecule has 1 saturated heterocycles. The average Bonchev–Trinajstić information content (AvgIpc) is 3.38. The molecule has 3 aromatic heterocycles. The van der Waals surface area contributed by atoms with E-state index in [1.165, 1.54) is 22.1 Å². The summed E-state index contributed by atoms with van der Waals surface area (Å²) in [4.78, 5) is 11.2. The minimum absolute atomic E-state index is 0.0531. The Hall–Kier alpha value is -2.63. The molecule has 31 heavy (non-hydrogen) atoms. The lowest BCUT2D eigenvalue weighted by molar-refractivity contribution is -0.189. The van der Waals surface area contributed by atoms with Crippen LogP contribution in [0.25, 0.3) is 5.65 Å². The number of halogens is 3. The Kier molecular flexibility index (Phi) is 4.91. The van der Waals surface area contributed by atoms with Crippen molar-refractivity contribution in [2.75, 3.05) is 23.3 Å². The second kappa shape index (κ2) is 7.50. The minimum atomic E-state index is -4.45. The van der Waals surface area contributed by atoms with E-state index < -0.39 is 12.3 Å². The van der Waals surface area contributed by atoms with Crippen LogP contribution in [0.15, 0.2) is 18.3 Å². The standard InChI is InChI=1S/C19H22F3N7OS/c1-10(19(20,21)22)30-14-4-3-7-29-16(14)25-17(26-29)24-15-12-5-6-13(15)9-28(8-12)18-23-11(2)27-31-18/h3-4,7,10,12-13,15H,5-6,8-9H2,1-2H3,(H,24,26)/t10-,12-,13?,15-/m0/s1. The summed E-state index contributed by atoms with van der Waals surface area (Å²) in [6, 6.07) is 3.28. The quantitative estimate of drug-likeness (QED) is 0.633. The second-order valence-electron chi connectivity index (χ2n) is 8.17. The van der Waals surface area contributed by atoms with Crippen LogP contribution in [0.5, 0.6) is 5.75 Å². The third kappa shape index (κ3) is 3.88. The Labute approximate surface area is 180 Å². The number of ether oxygens (including phenoxy) is 1. The molecule has 166 valence electrons. The second-order valence-corrected chi connectivity index (χ2v) is 8.90. The van der Waals surface area contributed by atoms with Gasteiger partial charge in [0, 0.05) is 36.9 Å². The fourth-order valence-electron chi connectivity index (χ4n) is 4.47. The van der Waals surface area contributed by atoms with Crippen molar-refractivity contribution in [1.82, 2.24) is 24.0 Å². The lowest BCUT2D eigenvalue weighted by Crippen LogP contribution is -2.48. The van der Waals surface area contributed by atoms with Crippen LogP contribution < -0.4 is 15.0 Å². The third-order valence-corrected chi connectivity index (χ3v) is 6.88. The number of hydrogen-bond acceptors (Lipinski definition) is 8. The average molecular weight is 453 g/mol. The van der Waals surface area contributed by atoms with E-state index >= 15 is 0 Å². The molecule has 1 unspecified atom stereocenters. The van der Waals surface area contributed by atoms with Gasteiger partial charge in [-0.3, -0.25) is 0 Å². The molecule has 0 amide bonds. The molecule has 2 fully saturated rings. The SMILES string of the molecule is Cc1nsc(N2CC3CC[C@@H](C2)[C@@H]3Nc2nc3c(O[C@@H](C)C(F)(F)F)cccn3n2)n1. The highest BCUT2D eigenvalue weighted by atomic mass is 32.1. The number of aryl methyl sites for hydroxylation is 1. The number of aromatic nitrogens is 5. The molecule has 1 aliphatic carbocycles. The number of anilines is 2. The number of rotatable bonds is 5. The summed E-state index contributed by atoms with van der Waals surface area (Å²) in [6.07, 6.45) is -2.54. The lowest BCUT2D eigenvalue weighted by atomic mass is 9.92. The van der Waals surface area contributed by atoms with Crippen LogP contribution >= 0.6 is 11.5 Å². The number of pyridine rings is 1. The molecule has 2 aliphatic rings. The fourth-order valence-corrected chi connectivity index (χ4v) is 5.16. The summed E-state index contributed by atoms with van der Waals surface area (Å²) >= 11 is 1.43. The van der Waals surface area contributed by atoms with E-state index in [2.05, 4.69) is 29.7 Å². The Morgan fingerprint density at radius 2 is 1.97 bits per heavy atom. The zero-order valence-corrected chi connectivity index (χ0v) is 17.8. The Bertz CT molecular complexity index is 1070. The number of alkyl halides is 3. The summed E-state index contributed by atoms with van der Waals surface area (Å²) in [5.74, 6) is 2.07. The van der Waals surface area contributed by atoms with Gasteiger partial charge >= 0.3 is 6.18 Å². The molecule has 12 heteroatoms. The molecule has 4 heterocycles. The molecule has 1 aliphatic heterocycles. The van der Waals surface area contributed by atoms with Crippen LogP contribution in [-0.4, -0.2) is 55.4 Å². The highest BCUT2D eigenvalue weighted by molar-refractivity contribution is 7.09. The summed E-state index contributed by atoms with van der Waals surface area (Å²) in [5.41, 5.74) is 0.259. The summed E-state index contributed by atoms with van der Waals surface area (Å²) in [5, 5.41) is 8.81. The monoisotopic (exact) mass is 453 g/mol. The first-order chi connectivity index (χ1) is 14.8. The third-order valence-electron chi connectivity index (χ3n) is 6.01. The molecule has 2 bridgehead atoms. The van der Waals surface area contributed by atoms with E-state index in [4.69, 9.17) is 4.74 Å². The van der Waals surface area contributed by atoms with Crippen molar-refractivity contribution in [2.24, 2.45) is 11.8 Å². The Balaban J connectivity index is 1.33. The maximum atomic E-state index is 12.9. The van der Waals surface area contributed by atoms with Gasteiger partial charge in [-0.2, -0.15) is 22.5 Å². The van der Waals surface area contributed by atoms with Crippen molar-refractivity contribution >= 4 is 28.3 Å². The fraction of sp³-hybridized carbons (Fsp3) is 0.579. The summed E-state index contributed by atoms with van der Waals surface area (Å²) < 4.78 is 49.6. The van der Waals surface area contributed by atoms with Gasteiger partial charge in [0.15, 0.2) is 17.5 Å². The van der Waals surface area contributed by atoms with Crippen molar-refractivity contribution in [3.8, 4) is 5.75 Å². The van der Waals surface area contributed by atoms with Gasteiger partial charge in [-0.25, -0.2) is 9.50 Å². The summed E-state index contributed by atoms with van der Waals surface area (Å²) in [6.45, 7) is 4.64. The van der Waals surface area contributed by atoms with Crippen LogP contribution in [0.4, 0.5) is 24.3 Å². The molecule has 0 spiro atoms. The molecule has 1 saturated carbocycles. The topological polar surface area (TPSA) is 80.5 Å². The number of nitrogens with one attached hydrogen (secondary N) is 1. The highest BCUT2D eigenvalue weighted by Gasteiger charge is 2.43. The molecule has 1 N–H and O–H groups in total. The van der Waals surface area contributed by atoms with Gasteiger partial charge < -0.3 is 15.0 Å². The van der Waals surface area contributed by atoms with E-state index in [1.807, 2.05) is 6.92 Å². The molecular weight excluding hydrogens is 431 g/mol. The maximum Gasteiger partial charge on any atom is 0.425 e. The smallest absolute Gasteiger partial charge is 0.425 e. The maximum absolute atomic E-state index is 12.9. The van der Waals surface area contributed by atoms with E-state index in [0.717, 1.165) is 43.8 Å². The van der Waals surface area contributed by atoms with Crippen molar-refractivity contribution in [1.29, 1.82) is 0 Å². The molecule has 8 nitrogen and oxygen atoms in total. The van der Waals surface area contributed by atoms with Crippen LogP contribution in [0.3, 0.4) is 0 Å². The predicted molar refractivity (Wildman–Crippen MR) is 110 cm³/mol. The minimum Gasteiger partial charge on any atom is -0.477 e. The first kappa shape index (κ1) is 20.3. The zero-order valence-electron chi connectivity index (χ0n) is 17.0. The summed E-state index contributed by atoms with van der Waals surface area (Å²) in [7, 11) is 0. The number of nitrogens with zero attached hydrogens (tertiary/aromatic N) is 6. The molecule has 5 rings (SSSR count). The van der Waals surface area contributed by atoms with Gasteiger partial charge in [0.2, 0.25) is 11.1 Å². The van der Waals surface area contributed by atoms with Crippen LogP contribution in [-0.2, 0) is 0 Å². The molecule has 0 radical (unpaired) electrons. The molecule has 4 atom stereocenters. The molecule has 0 aromatic carbocycles. The first-order valence-electron chi connectivity index (χ1n) is 10.2. The van der Waals surface area contributed by atoms with Crippen LogP contribution in [0.2, 0.25) is 0 Å². The van der Waals surface area contributed by atoms with Gasteiger partial charge in [0.25, 0.3) is 0 Å². The van der Waals surface area contributed by atoms with Crippen LogP contribution in [0, 0.1) is 18.8 Å². The number of hydrogen-bond donors (Lipinski definition) is 1. The van der Waals surface area contributed by atoms with Crippen molar-refractivity contribution in [3.05, 3.63) is 24.2 Å². The van der Waals surface area contributed by atoms with Crippen molar-refractivity contribution < 1.29 is 17.9 Å². The van der Waals surface area contributed by atoms with Gasteiger partial charge in [-0.15, -0.1) is 5.10 Å². The predicted octanol–water partition coefficient (Wildman–Crippen LogP) is 3.55. The van der Waals surface area contributed by atoms with Gasteiger partial charge in [0.1, 0.15) is 5.82 Å². The largest absolute Gasteiger partial charge is 0.477 e. The number of fused-ring (bicyclic) bond motifs is 3. The van der Waals surface area contributed by atoms with Gasteiger partial charge in [-0.05, 0) is 50.7 Å². The van der Waals surface area contributed by atoms with Gasteiger partial charge in [-0.1, -0.05) is 0 Å². The van der Waals surface area contributed by atoms with E-state index in [0.29, 0.717) is 17.8 Å². The van der Waals surface area contributed by atoms with E-state index in [-0.39, 0.29) is 17.4 Å². The van der Waals surface area contributed by atoms with Gasteiger partial charge in [0.05, 0.1) is 0 Å². The Morgan fingerprint density at radius 3 is 2.61 bits per heavy atom. The number of piperidine rings is 1.